The normalized spacial score (nSPS) is 11.7. The van der Waals surface area contributed by atoms with Crippen molar-refractivity contribution in [3.8, 4) is 11.5 Å². The van der Waals surface area contributed by atoms with Gasteiger partial charge < -0.3 is 9.47 Å². The minimum atomic E-state index is -3.30. The number of thiazole rings is 1. The van der Waals surface area contributed by atoms with Gasteiger partial charge in [-0.2, -0.15) is 0 Å². The summed E-state index contributed by atoms with van der Waals surface area (Å²) in [6, 6.07) is 10.0. The number of amides is 1. The Bertz CT molecular complexity index is 1170. The molecule has 146 valence electrons. The van der Waals surface area contributed by atoms with E-state index >= 15 is 0 Å². The summed E-state index contributed by atoms with van der Waals surface area (Å²) in [5.74, 6) is 0.729. The van der Waals surface area contributed by atoms with E-state index in [-0.39, 0.29) is 10.8 Å². The van der Waals surface area contributed by atoms with Crippen molar-refractivity contribution in [1.82, 2.24) is 4.98 Å². The summed E-state index contributed by atoms with van der Waals surface area (Å²) in [6.45, 7) is 0. The number of fused-ring (bicyclic) bond motifs is 1. The Labute approximate surface area is 166 Å². The molecule has 3 rings (SSSR count). The highest BCUT2D eigenvalue weighted by Crippen LogP contribution is 2.32. The van der Waals surface area contributed by atoms with Crippen molar-refractivity contribution in [3.05, 3.63) is 48.0 Å². The van der Waals surface area contributed by atoms with Crippen molar-refractivity contribution in [2.45, 2.75) is 4.90 Å². The third-order valence-corrected chi connectivity index (χ3v) is 5.91. The predicted molar refractivity (Wildman–Crippen MR) is 110 cm³/mol. The van der Waals surface area contributed by atoms with E-state index in [0.29, 0.717) is 32.4 Å². The lowest BCUT2D eigenvalue weighted by atomic mass is 10.1. The van der Waals surface area contributed by atoms with Gasteiger partial charge in [-0.3, -0.25) is 10.1 Å². The Kier molecular flexibility index (Phi) is 5.66. The number of carbonyl (C=O) groups excluding carboxylic acids is 1. The van der Waals surface area contributed by atoms with E-state index < -0.39 is 9.84 Å². The average Bonchev–Trinajstić information content (AvgIpc) is 3.06. The quantitative estimate of drug-likeness (QED) is 0.617. The standard InChI is InChI=1S/C19H18N2O5S2/c1-25-15-6-4-5-12(18(15)26-2)7-10-17(22)21-19-20-14-9-8-13(28(3,23)24)11-16(14)27-19/h4-11H,1-3H3,(H,20,21,22)/b10-7+. The van der Waals surface area contributed by atoms with Gasteiger partial charge in [-0.1, -0.05) is 23.5 Å². The summed E-state index contributed by atoms with van der Waals surface area (Å²) < 4.78 is 34.6. The van der Waals surface area contributed by atoms with E-state index in [1.54, 1.807) is 43.5 Å². The fraction of sp³-hybridized carbons (Fsp3) is 0.158. The number of ether oxygens (including phenoxy) is 2. The maximum atomic E-state index is 12.2. The lowest BCUT2D eigenvalue weighted by Crippen LogP contribution is -2.07. The summed E-state index contributed by atoms with van der Waals surface area (Å²) in [7, 11) is -0.231. The van der Waals surface area contributed by atoms with Gasteiger partial charge in [0, 0.05) is 17.9 Å². The molecule has 0 saturated carbocycles. The molecular formula is C19H18N2O5S2. The third kappa shape index (κ3) is 4.32. The van der Waals surface area contributed by atoms with Gasteiger partial charge in [0.25, 0.3) is 0 Å². The summed E-state index contributed by atoms with van der Waals surface area (Å²) in [6.07, 6.45) is 4.13. The first kappa shape index (κ1) is 19.8. The number of benzene rings is 2. The van der Waals surface area contributed by atoms with Crippen LogP contribution < -0.4 is 14.8 Å². The van der Waals surface area contributed by atoms with Gasteiger partial charge in [0.15, 0.2) is 26.5 Å². The molecule has 1 heterocycles. The third-order valence-electron chi connectivity index (χ3n) is 3.87. The molecule has 0 radical (unpaired) electrons. The van der Waals surface area contributed by atoms with Crippen LogP contribution in [0.1, 0.15) is 5.56 Å². The first-order valence-electron chi connectivity index (χ1n) is 8.12. The first-order chi connectivity index (χ1) is 13.3. The van der Waals surface area contributed by atoms with E-state index in [0.717, 1.165) is 6.26 Å². The van der Waals surface area contributed by atoms with Crippen LogP contribution in [-0.4, -0.2) is 39.8 Å². The van der Waals surface area contributed by atoms with Crippen molar-refractivity contribution < 1.29 is 22.7 Å². The van der Waals surface area contributed by atoms with Crippen LogP contribution in [0.25, 0.3) is 16.3 Å². The number of hydrogen-bond acceptors (Lipinski definition) is 7. The van der Waals surface area contributed by atoms with Gasteiger partial charge in [0.05, 0.1) is 29.3 Å². The van der Waals surface area contributed by atoms with Gasteiger partial charge >= 0.3 is 0 Å². The molecule has 7 nitrogen and oxygen atoms in total. The van der Waals surface area contributed by atoms with Crippen molar-refractivity contribution in [2.75, 3.05) is 25.8 Å². The van der Waals surface area contributed by atoms with Crippen molar-refractivity contribution >= 4 is 48.5 Å². The van der Waals surface area contributed by atoms with E-state index in [4.69, 9.17) is 9.47 Å². The van der Waals surface area contributed by atoms with Crippen molar-refractivity contribution in [1.29, 1.82) is 0 Å². The molecule has 0 fully saturated rings. The number of nitrogens with zero attached hydrogens (tertiary/aromatic N) is 1. The van der Waals surface area contributed by atoms with E-state index in [9.17, 15) is 13.2 Å². The van der Waals surface area contributed by atoms with Crippen LogP contribution in [-0.2, 0) is 14.6 Å². The zero-order valence-corrected chi connectivity index (χ0v) is 17.1. The molecule has 1 amide bonds. The maximum Gasteiger partial charge on any atom is 0.250 e. The number of methoxy groups -OCH3 is 2. The Hall–Kier alpha value is -2.91. The summed E-state index contributed by atoms with van der Waals surface area (Å²) >= 11 is 1.21. The second-order valence-corrected chi connectivity index (χ2v) is 8.87. The van der Waals surface area contributed by atoms with Crippen LogP contribution in [0, 0.1) is 0 Å². The lowest BCUT2D eigenvalue weighted by molar-refractivity contribution is -0.111. The van der Waals surface area contributed by atoms with Crippen molar-refractivity contribution in [3.63, 3.8) is 0 Å². The molecule has 1 aromatic heterocycles. The van der Waals surface area contributed by atoms with E-state index in [1.165, 1.54) is 30.6 Å². The zero-order chi connectivity index (χ0) is 20.3. The smallest absolute Gasteiger partial charge is 0.250 e. The Morgan fingerprint density at radius 1 is 1.18 bits per heavy atom. The van der Waals surface area contributed by atoms with Crippen molar-refractivity contribution in [2.24, 2.45) is 0 Å². The highest BCUT2D eigenvalue weighted by atomic mass is 32.2. The van der Waals surface area contributed by atoms with Crippen LogP contribution in [0.2, 0.25) is 0 Å². The molecule has 0 aliphatic rings. The highest BCUT2D eigenvalue weighted by Gasteiger charge is 2.12. The van der Waals surface area contributed by atoms with Gasteiger partial charge in [-0.05, 0) is 30.3 Å². The second kappa shape index (κ2) is 7.99. The molecule has 0 aliphatic carbocycles. The maximum absolute atomic E-state index is 12.2. The Morgan fingerprint density at radius 3 is 2.64 bits per heavy atom. The number of rotatable bonds is 6. The van der Waals surface area contributed by atoms with Crippen LogP contribution in [0.15, 0.2) is 47.4 Å². The van der Waals surface area contributed by atoms with E-state index in [1.807, 2.05) is 0 Å². The zero-order valence-electron chi connectivity index (χ0n) is 15.4. The lowest BCUT2D eigenvalue weighted by Gasteiger charge is -2.09. The molecule has 2 aromatic carbocycles. The molecule has 3 aromatic rings. The van der Waals surface area contributed by atoms with Crippen LogP contribution in [0.3, 0.4) is 0 Å². The Balaban J connectivity index is 1.79. The van der Waals surface area contributed by atoms with Crippen LogP contribution >= 0.6 is 11.3 Å². The molecule has 0 unspecified atom stereocenters. The van der Waals surface area contributed by atoms with Gasteiger partial charge in [0.1, 0.15) is 0 Å². The van der Waals surface area contributed by atoms with Crippen LogP contribution in [0.4, 0.5) is 5.13 Å². The SMILES string of the molecule is COc1cccc(/C=C/C(=O)Nc2nc3ccc(S(C)(=O)=O)cc3s2)c1OC. The fourth-order valence-corrected chi connectivity index (χ4v) is 4.17. The number of nitrogens with one attached hydrogen (secondary N) is 1. The molecule has 28 heavy (non-hydrogen) atoms. The molecular weight excluding hydrogens is 400 g/mol. The fourth-order valence-electron chi connectivity index (χ4n) is 2.54. The topological polar surface area (TPSA) is 94.6 Å². The van der Waals surface area contributed by atoms with Gasteiger partial charge in [0.2, 0.25) is 5.91 Å². The molecule has 0 saturated heterocycles. The minimum Gasteiger partial charge on any atom is -0.493 e. The first-order valence-corrected chi connectivity index (χ1v) is 10.8. The number of carbonyl (C=O) groups is 1. The second-order valence-electron chi connectivity index (χ2n) is 5.83. The monoisotopic (exact) mass is 418 g/mol. The molecule has 1 N–H and O–H groups in total. The molecule has 0 atom stereocenters. The van der Waals surface area contributed by atoms with Gasteiger partial charge in [-0.15, -0.1) is 0 Å². The highest BCUT2D eigenvalue weighted by molar-refractivity contribution is 7.90. The summed E-state index contributed by atoms with van der Waals surface area (Å²) in [5.41, 5.74) is 1.31. The number of para-hydroxylation sites is 1. The number of anilines is 1. The van der Waals surface area contributed by atoms with Crippen LogP contribution in [0.5, 0.6) is 11.5 Å². The molecule has 0 aliphatic heterocycles. The average molecular weight is 418 g/mol. The predicted octanol–water partition coefficient (Wildman–Crippen LogP) is 3.37. The molecule has 0 spiro atoms. The number of hydrogen-bond donors (Lipinski definition) is 1. The Morgan fingerprint density at radius 2 is 1.96 bits per heavy atom. The number of aromatic nitrogens is 1. The van der Waals surface area contributed by atoms with Gasteiger partial charge in [-0.25, -0.2) is 13.4 Å². The largest absolute Gasteiger partial charge is 0.493 e. The summed E-state index contributed by atoms with van der Waals surface area (Å²) in [4.78, 5) is 16.8. The molecule has 9 heteroatoms. The summed E-state index contributed by atoms with van der Waals surface area (Å²) in [5, 5.41) is 3.07. The minimum absolute atomic E-state index is 0.214. The molecule has 0 bridgehead atoms. The number of sulfone groups is 1. The van der Waals surface area contributed by atoms with E-state index in [2.05, 4.69) is 10.3 Å².